The minimum absolute atomic E-state index is 0. The van der Waals surface area contributed by atoms with E-state index in [1.54, 1.807) is 11.3 Å². The number of halogens is 1. The number of rotatable bonds is 4. The average molecular weight is 425 g/mol. The number of quaternary nitrogens is 1. The Morgan fingerprint density at radius 2 is 2.04 bits per heavy atom. The maximum atomic E-state index is 11.1. The van der Waals surface area contributed by atoms with Crippen molar-refractivity contribution in [3.8, 4) is 10.6 Å². The van der Waals surface area contributed by atoms with Gasteiger partial charge >= 0.3 is 0 Å². The van der Waals surface area contributed by atoms with Crippen LogP contribution in [0.3, 0.4) is 0 Å². The molecule has 3 N–H and O–H groups in total. The number of nitrogens with zero attached hydrogens (tertiary/aromatic N) is 2. The molecule has 0 atom stereocenters. The number of nitrogens with one attached hydrogen (secondary N) is 1. The summed E-state index contributed by atoms with van der Waals surface area (Å²) in [5.41, 5.74) is 4.16. The van der Waals surface area contributed by atoms with Crippen LogP contribution in [0.5, 0.6) is 0 Å². The molecule has 0 bridgehead atoms. The topological polar surface area (TPSA) is 71.5 Å². The molecule has 0 aliphatic heterocycles. The quantitative estimate of drug-likeness (QED) is 0.594. The third-order valence-electron chi connectivity index (χ3n) is 3.17. The van der Waals surface area contributed by atoms with Crippen molar-refractivity contribution in [1.29, 1.82) is 0 Å². The zero-order valence-electron chi connectivity index (χ0n) is 13.5. The lowest BCUT2D eigenvalue weighted by Gasteiger charge is -1.97. The summed E-state index contributed by atoms with van der Waals surface area (Å²) in [6.07, 6.45) is 0. The number of aryl methyl sites for hydroxylation is 2. The van der Waals surface area contributed by atoms with Crippen molar-refractivity contribution >= 4 is 44.5 Å². The number of benzene rings is 1. The van der Waals surface area contributed by atoms with Crippen LogP contribution in [0.1, 0.15) is 18.2 Å². The maximum Gasteiger partial charge on any atom is 0.288 e. The molecule has 0 saturated carbocycles. The van der Waals surface area contributed by atoms with Crippen molar-refractivity contribution < 1.29 is 27.1 Å². The molecule has 0 fully saturated rings. The second kappa shape index (κ2) is 7.98. The lowest BCUT2D eigenvalue weighted by molar-refractivity contribution is -0.478. The lowest BCUT2D eigenvalue weighted by atomic mass is 10.2. The van der Waals surface area contributed by atoms with Crippen LogP contribution in [0.15, 0.2) is 29.6 Å². The van der Waals surface area contributed by atoms with Crippen LogP contribution in [0.4, 0.5) is 16.0 Å². The second-order valence-electron chi connectivity index (χ2n) is 5.24. The van der Waals surface area contributed by atoms with Crippen LogP contribution in [0, 0.1) is 13.8 Å². The molecule has 0 aliphatic carbocycles. The normalized spacial score (nSPS) is 10.3. The van der Waals surface area contributed by atoms with Crippen LogP contribution in [-0.4, -0.2) is 15.9 Å². The zero-order valence-corrected chi connectivity index (χ0v) is 16.7. The highest BCUT2D eigenvalue weighted by Crippen LogP contribution is 2.33. The molecule has 0 radical (unpaired) electrons. The van der Waals surface area contributed by atoms with E-state index in [4.69, 9.17) is 0 Å². The summed E-state index contributed by atoms with van der Waals surface area (Å²) in [5.74, 6) is -0.114. The number of amides is 1. The van der Waals surface area contributed by atoms with Crippen molar-refractivity contribution in [2.75, 3.05) is 5.32 Å². The Labute approximate surface area is 158 Å². The van der Waals surface area contributed by atoms with Crippen molar-refractivity contribution in [2.24, 2.45) is 0 Å². The summed E-state index contributed by atoms with van der Waals surface area (Å²) in [5, 5.41) is 8.40. The fourth-order valence-corrected chi connectivity index (χ4v) is 4.00. The predicted molar refractivity (Wildman–Crippen MR) is 94.7 cm³/mol. The standard InChI is InChI=1S/C16H16N4OS2.BrH/c1-9-5-4-6-12(7-9)19-15-20-13(8-22-15)14-10(2)17-16(23-14)18-11(3)21;/h4-8H,1-3H3,(H,19,20)(H,17,18,21);1H. The maximum absolute atomic E-state index is 11.1. The van der Waals surface area contributed by atoms with E-state index in [1.807, 2.05) is 18.4 Å². The molecule has 0 unspecified atom stereocenters. The molecule has 0 aliphatic rings. The highest BCUT2D eigenvalue weighted by atomic mass is 79.9. The molecule has 0 saturated heterocycles. The summed E-state index contributed by atoms with van der Waals surface area (Å²) < 4.78 is 0. The smallest absolute Gasteiger partial charge is 0.288 e. The molecule has 1 aromatic carbocycles. The van der Waals surface area contributed by atoms with Gasteiger partial charge in [-0.3, -0.25) is 10.1 Å². The molecule has 126 valence electrons. The monoisotopic (exact) mass is 424 g/mol. The third kappa shape index (κ3) is 4.47. The number of carbonyl (C=O) groups is 1. The van der Waals surface area contributed by atoms with E-state index in [0.29, 0.717) is 5.13 Å². The largest absolute Gasteiger partial charge is 1.00 e. The van der Waals surface area contributed by atoms with E-state index >= 15 is 0 Å². The minimum atomic E-state index is -0.114. The fraction of sp³-hybridized carbons (Fsp3) is 0.188. The van der Waals surface area contributed by atoms with Gasteiger partial charge in [0.25, 0.3) is 5.13 Å². The van der Waals surface area contributed by atoms with Gasteiger partial charge < -0.3 is 22.3 Å². The van der Waals surface area contributed by atoms with E-state index in [1.165, 1.54) is 23.8 Å². The van der Waals surface area contributed by atoms with Gasteiger partial charge in [0.2, 0.25) is 5.91 Å². The Kier molecular flexibility index (Phi) is 6.22. The van der Waals surface area contributed by atoms with Gasteiger partial charge in [-0.1, -0.05) is 34.8 Å². The summed E-state index contributed by atoms with van der Waals surface area (Å²) in [4.78, 5) is 21.2. The van der Waals surface area contributed by atoms with Crippen molar-refractivity contribution in [2.45, 2.75) is 20.8 Å². The molecule has 3 aromatic rings. The number of aromatic nitrogens is 2. The van der Waals surface area contributed by atoms with Crippen molar-refractivity contribution in [3.05, 3.63) is 40.9 Å². The third-order valence-corrected chi connectivity index (χ3v) is 5.05. The first-order valence-electron chi connectivity index (χ1n) is 7.13. The second-order valence-corrected chi connectivity index (χ2v) is 7.13. The van der Waals surface area contributed by atoms with E-state index in [-0.39, 0.29) is 22.9 Å². The number of hydrogen-bond donors (Lipinski definition) is 2. The lowest BCUT2D eigenvalue weighted by Crippen LogP contribution is -3.00. The number of anilines is 1. The molecule has 5 nitrogen and oxygen atoms in total. The van der Waals surface area contributed by atoms with Crippen LogP contribution in [0.2, 0.25) is 0 Å². The Balaban J connectivity index is 0.00000208. The molecule has 2 aromatic heterocycles. The van der Waals surface area contributed by atoms with Gasteiger partial charge in [-0.05, 0) is 25.5 Å². The number of thiazole rings is 2. The SMILES string of the molecule is CC(=O)Nc1nc(C)c(-c2csc([NH2+]c3cccc(C)c3)n2)s1.[Br-]. The summed E-state index contributed by atoms with van der Waals surface area (Å²) >= 11 is 3.05. The Morgan fingerprint density at radius 1 is 1.25 bits per heavy atom. The molecule has 2 heterocycles. The zero-order chi connectivity index (χ0) is 16.4. The summed E-state index contributed by atoms with van der Waals surface area (Å²) in [7, 11) is 0. The van der Waals surface area contributed by atoms with Gasteiger partial charge in [-0.2, -0.15) is 4.98 Å². The minimum Gasteiger partial charge on any atom is -1.00 e. The Bertz CT molecular complexity index is 859. The van der Waals surface area contributed by atoms with Crippen LogP contribution in [0.25, 0.3) is 10.6 Å². The van der Waals surface area contributed by atoms with Gasteiger partial charge in [0.05, 0.1) is 16.3 Å². The molecule has 8 heteroatoms. The summed E-state index contributed by atoms with van der Waals surface area (Å²) in [6, 6.07) is 8.33. The van der Waals surface area contributed by atoms with Gasteiger partial charge in [-0.15, -0.1) is 0 Å². The van der Waals surface area contributed by atoms with Crippen LogP contribution in [-0.2, 0) is 4.79 Å². The van der Waals surface area contributed by atoms with E-state index in [9.17, 15) is 4.79 Å². The molecule has 3 rings (SSSR count). The van der Waals surface area contributed by atoms with Gasteiger partial charge in [0, 0.05) is 18.4 Å². The van der Waals surface area contributed by atoms with E-state index in [0.717, 1.165) is 27.1 Å². The van der Waals surface area contributed by atoms with Crippen molar-refractivity contribution in [3.63, 3.8) is 0 Å². The molecular weight excluding hydrogens is 408 g/mol. The first-order chi connectivity index (χ1) is 11.0. The average Bonchev–Trinajstić information content (AvgIpc) is 3.05. The first-order valence-corrected chi connectivity index (χ1v) is 8.83. The number of hydrogen-bond acceptors (Lipinski definition) is 5. The number of nitrogens with two attached hydrogens (primary N) is 1. The van der Waals surface area contributed by atoms with Gasteiger partial charge in [0.1, 0.15) is 5.69 Å². The number of carbonyl (C=O) groups excluding carboxylic acids is 1. The van der Waals surface area contributed by atoms with E-state index < -0.39 is 0 Å². The van der Waals surface area contributed by atoms with Gasteiger partial charge in [-0.25, -0.2) is 4.98 Å². The fourth-order valence-electron chi connectivity index (χ4n) is 2.20. The Morgan fingerprint density at radius 3 is 2.75 bits per heavy atom. The van der Waals surface area contributed by atoms with Crippen LogP contribution >= 0.6 is 22.7 Å². The molecular formula is C16H17BrN4OS2. The van der Waals surface area contributed by atoms with Crippen molar-refractivity contribution in [1.82, 2.24) is 9.97 Å². The summed E-state index contributed by atoms with van der Waals surface area (Å²) in [6.45, 7) is 5.49. The first kappa shape index (κ1) is 18.7. The molecule has 0 spiro atoms. The Hall–Kier alpha value is -1.61. The van der Waals surface area contributed by atoms with E-state index in [2.05, 4.69) is 45.7 Å². The van der Waals surface area contributed by atoms with Crippen LogP contribution < -0.4 is 27.6 Å². The molecule has 24 heavy (non-hydrogen) atoms. The predicted octanol–water partition coefficient (Wildman–Crippen LogP) is 0.372. The highest BCUT2D eigenvalue weighted by molar-refractivity contribution is 7.19. The highest BCUT2D eigenvalue weighted by Gasteiger charge is 2.15. The molecule has 1 amide bonds. The van der Waals surface area contributed by atoms with Gasteiger partial charge in [0.15, 0.2) is 5.13 Å².